The van der Waals surface area contributed by atoms with Crippen molar-refractivity contribution in [2.75, 3.05) is 11.2 Å². The monoisotopic (exact) mass is 288 g/mol. The fourth-order valence-electron chi connectivity index (χ4n) is 0.868. The largest absolute Gasteiger partial charge is 0.392 e. The summed E-state index contributed by atoms with van der Waals surface area (Å²) in [5.41, 5.74) is 0.242. The highest BCUT2D eigenvalue weighted by molar-refractivity contribution is 7.14. The summed E-state index contributed by atoms with van der Waals surface area (Å²) in [6, 6.07) is 0. The van der Waals surface area contributed by atoms with Gasteiger partial charge in [0.05, 0.1) is 0 Å². The summed E-state index contributed by atoms with van der Waals surface area (Å²) in [5.74, 6) is -0.531. The number of hydrogen-bond donors (Lipinski definition) is 1. The molecule has 97 valence electrons. The molecule has 8 heteroatoms. The first-order valence-corrected chi connectivity index (χ1v) is 6.42. The molecule has 1 heterocycles. The number of anilines is 1. The maximum absolute atomic E-state index is 11.0. The normalized spacial score (nSPS) is 11.4. The molecule has 1 aromatic rings. The fourth-order valence-corrected chi connectivity index (χ4v) is 1.65. The van der Waals surface area contributed by atoms with Gasteiger partial charge in [-0.05, 0) is 13.8 Å². The lowest BCUT2D eigenvalue weighted by Gasteiger charge is -2.01. The van der Waals surface area contributed by atoms with Crippen LogP contribution >= 0.6 is 22.9 Å². The number of rotatable bonds is 6. The van der Waals surface area contributed by atoms with Gasteiger partial charge in [-0.15, -0.1) is 22.9 Å². The van der Waals surface area contributed by atoms with Crippen molar-refractivity contribution in [1.29, 1.82) is 0 Å². The smallest absolute Gasteiger partial charge is 0.259 e. The SMILES string of the molecule is CC(C)ON=C([C]=O)c1csc(NC(=O)CCl)n1. The van der Waals surface area contributed by atoms with Crippen molar-refractivity contribution in [3.8, 4) is 0 Å². The molecule has 1 amide bonds. The first-order valence-electron chi connectivity index (χ1n) is 5.00. The molecule has 6 nitrogen and oxygen atoms in total. The lowest BCUT2D eigenvalue weighted by molar-refractivity contribution is -0.113. The molecule has 1 aromatic heterocycles. The maximum atomic E-state index is 11.0. The van der Waals surface area contributed by atoms with Gasteiger partial charge in [-0.25, -0.2) is 4.98 Å². The van der Waals surface area contributed by atoms with Crippen LogP contribution in [0.2, 0.25) is 0 Å². The van der Waals surface area contributed by atoms with Gasteiger partial charge in [0.2, 0.25) is 5.91 Å². The highest BCUT2D eigenvalue weighted by Crippen LogP contribution is 2.16. The third kappa shape index (κ3) is 4.42. The Kier molecular flexibility index (Phi) is 5.73. The van der Waals surface area contributed by atoms with Crippen LogP contribution in [0.5, 0.6) is 0 Å². The van der Waals surface area contributed by atoms with Crippen molar-refractivity contribution in [2.24, 2.45) is 5.16 Å². The average Bonchev–Trinajstić information content (AvgIpc) is 2.78. The van der Waals surface area contributed by atoms with E-state index in [4.69, 9.17) is 16.4 Å². The Morgan fingerprint density at radius 2 is 2.44 bits per heavy atom. The van der Waals surface area contributed by atoms with Crippen LogP contribution < -0.4 is 5.32 Å². The number of carbonyl (C=O) groups is 1. The number of carbonyl (C=O) groups excluding carboxylic acids is 2. The van der Waals surface area contributed by atoms with Gasteiger partial charge >= 0.3 is 0 Å². The standard InChI is InChI=1S/C10H11ClN3O3S/c1-6(2)17-14-7(4-15)8-5-18-10(12-8)13-9(16)3-11/h5-6H,3H2,1-2H3,(H,12,13,16). The molecule has 0 bridgehead atoms. The van der Waals surface area contributed by atoms with E-state index >= 15 is 0 Å². The minimum absolute atomic E-state index is 0.0497. The van der Waals surface area contributed by atoms with Crippen LogP contribution in [-0.4, -0.2) is 34.9 Å². The van der Waals surface area contributed by atoms with Gasteiger partial charge in [0.1, 0.15) is 17.7 Å². The number of alkyl halides is 1. The molecule has 0 aliphatic rings. The second kappa shape index (κ2) is 7.07. The third-order valence-electron chi connectivity index (χ3n) is 1.57. The zero-order chi connectivity index (χ0) is 13.5. The molecule has 0 atom stereocenters. The molecular formula is C10H11ClN3O3S. The van der Waals surface area contributed by atoms with Crippen LogP contribution in [0.25, 0.3) is 0 Å². The quantitative estimate of drug-likeness (QED) is 0.489. The van der Waals surface area contributed by atoms with Crippen LogP contribution in [0.3, 0.4) is 0 Å². The van der Waals surface area contributed by atoms with Crippen molar-refractivity contribution < 1.29 is 14.4 Å². The molecule has 0 aromatic carbocycles. The van der Waals surface area contributed by atoms with Crippen LogP contribution in [0, 0.1) is 0 Å². The van der Waals surface area contributed by atoms with Crippen molar-refractivity contribution in [1.82, 2.24) is 4.98 Å². The predicted molar refractivity (Wildman–Crippen MR) is 69.9 cm³/mol. The van der Waals surface area contributed by atoms with Crippen LogP contribution in [0.4, 0.5) is 5.13 Å². The topological polar surface area (TPSA) is 80.6 Å². The molecule has 0 aliphatic heterocycles. The Labute approximate surface area is 113 Å². The predicted octanol–water partition coefficient (Wildman–Crippen LogP) is 1.56. The second-order valence-electron chi connectivity index (χ2n) is 3.42. The van der Waals surface area contributed by atoms with Gasteiger partial charge in [0.25, 0.3) is 6.29 Å². The summed E-state index contributed by atoms with van der Waals surface area (Å²) in [6.07, 6.45) is 1.48. The summed E-state index contributed by atoms with van der Waals surface area (Å²) < 4.78 is 0. The number of nitrogens with one attached hydrogen (secondary N) is 1. The molecule has 0 fully saturated rings. The Hall–Kier alpha value is -1.47. The molecule has 18 heavy (non-hydrogen) atoms. The van der Waals surface area contributed by atoms with E-state index in [9.17, 15) is 9.59 Å². The minimum atomic E-state index is -0.371. The number of amides is 1. The lowest BCUT2D eigenvalue weighted by atomic mass is 10.3. The van der Waals surface area contributed by atoms with E-state index in [2.05, 4.69) is 15.5 Å². The summed E-state index contributed by atoms with van der Waals surface area (Å²) in [5, 5.41) is 7.99. The molecule has 1 N–H and O–H groups in total. The van der Waals surface area contributed by atoms with Gasteiger partial charge in [-0.1, -0.05) is 5.16 Å². The second-order valence-corrected chi connectivity index (χ2v) is 4.54. The zero-order valence-electron chi connectivity index (χ0n) is 9.77. The fraction of sp³-hybridized carbons (Fsp3) is 0.400. The minimum Gasteiger partial charge on any atom is -0.392 e. The molecule has 0 saturated carbocycles. The van der Waals surface area contributed by atoms with E-state index in [1.54, 1.807) is 25.5 Å². The summed E-state index contributed by atoms with van der Waals surface area (Å²) in [7, 11) is 0. The number of halogens is 1. The maximum Gasteiger partial charge on any atom is 0.259 e. The zero-order valence-corrected chi connectivity index (χ0v) is 11.3. The highest BCUT2D eigenvalue weighted by Gasteiger charge is 2.11. The first-order chi connectivity index (χ1) is 8.56. The summed E-state index contributed by atoms with van der Waals surface area (Å²) >= 11 is 6.50. The molecule has 0 saturated heterocycles. The number of thiazole rings is 1. The first kappa shape index (κ1) is 14.6. The highest BCUT2D eigenvalue weighted by atomic mass is 35.5. The summed E-state index contributed by atoms with van der Waals surface area (Å²) in [4.78, 5) is 30.7. The van der Waals surface area contributed by atoms with Crippen LogP contribution in [-0.2, 0) is 14.4 Å². The average molecular weight is 289 g/mol. The number of oxime groups is 1. The van der Waals surface area contributed by atoms with E-state index in [1.165, 1.54) is 0 Å². The number of hydrogen-bond acceptors (Lipinski definition) is 6. The molecule has 0 unspecified atom stereocenters. The van der Waals surface area contributed by atoms with Gasteiger partial charge in [-0.2, -0.15) is 0 Å². The van der Waals surface area contributed by atoms with E-state index in [-0.39, 0.29) is 23.6 Å². The van der Waals surface area contributed by atoms with Gasteiger partial charge in [0.15, 0.2) is 10.8 Å². The van der Waals surface area contributed by atoms with E-state index in [1.807, 2.05) is 0 Å². The van der Waals surface area contributed by atoms with Crippen LogP contribution in [0.15, 0.2) is 10.5 Å². The molecule has 1 radical (unpaired) electrons. The van der Waals surface area contributed by atoms with Crippen molar-refractivity contribution in [3.63, 3.8) is 0 Å². The summed E-state index contributed by atoms with van der Waals surface area (Å²) in [6.45, 7) is 3.55. The Bertz CT molecular complexity index is 459. The number of nitrogens with zero attached hydrogens (tertiary/aromatic N) is 2. The molecule has 0 spiro atoms. The van der Waals surface area contributed by atoms with Crippen molar-refractivity contribution in [2.45, 2.75) is 20.0 Å². The van der Waals surface area contributed by atoms with E-state index in [0.29, 0.717) is 10.8 Å². The molecule has 1 rings (SSSR count). The third-order valence-corrected chi connectivity index (χ3v) is 2.57. The van der Waals surface area contributed by atoms with Crippen molar-refractivity contribution in [3.05, 3.63) is 11.1 Å². The Morgan fingerprint density at radius 1 is 1.72 bits per heavy atom. The number of aromatic nitrogens is 1. The molecular weight excluding hydrogens is 278 g/mol. The van der Waals surface area contributed by atoms with E-state index < -0.39 is 0 Å². The van der Waals surface area contributed by atoms with Gasteiger partial charge in [-0.3, -0.25) is 9.59 Å². The Morgan fingerprint density at radius 3 is 3.00 bits per heavy atom. The molecule has 0 aliphatic carbocycles. The Balaban J connectivity index is 2.79. The van der Waals surface area contributed by atoms with E-state index in [0.717, 1.165) is 11.3 Å². The van der Waals surface area contributed by atoms with Gasteiger partial charge in [0, 0.05) is 5.38 Å². The van der Waals surface area contributed by atoms with Gasteiger partial charge < -0.3 is 10.2 Å². The van der Waals surface area contributed by atoms with Crippen LogP contribution in [0.1, 0.15) is 19.5 Å². The lowest BCUT2D eigenvalue weighted by Crippen LogP contribution is -2.13. The van der Waals surface area contributed by atoms with Crippen molar-refractivity contribution >= 4 is 46.0 Å².